The second-order valence-electron chi connectivity index (χ2n) is 4.15. The summed E-state index contributed by atoms with van der Waals surface area (Å²) >= 11 is 14.0. The number of halogens is 2. The molecule has 0 N–H and O–H groups in total. The normalized spacial score (nSPS) is 11.5. The van der Waals surface area contributed by atoms with Gasteiger partial charge in [-0.25, -0.2) is 9.97 Å². The van der Waals surface area contributed by atoms with E-state index in [1.807, 2.05) is 13.8 Å². The molecule has 0 spiro atoms. The van der Waals surface area contributed by atoms with Crippen LogP contribution >= 0.6 is 35.0 Å². The van der Waals surface area contributed by atoms with E-state index in [1.165, 1.54) is 0 Å². The number of aromatic nitrogens is 2. The van der Waals surface area contributed by atoms with E-state index < -0.39 is 0 Å². The standard InChI is InChI=1S/C11H16Cl2N2S/c1-6(2)9-10(12)14-8(15-11(9)13)5-16-7(3)4/h6-7H,5H2,1-4H3. The summed E-state index contributed by atoms with van der Waals surface area (Å²) in [5, 5.41) is 1.51. The summed E-state index contributed by atoms with van der Waals surface area (Å²) < 4.78 is 0. The number of hydrogen-bond acceptors (Lipinski definition) is 3. The van der Waals surface area contributed by atoms with Crippen molar-refractivity contribution in [2.75, 3.05) is 0 Å². The minimum absolute atomic E-state index is 0.242. The molecule has 0 aliphatic heterocycles. The zero-order valence-electron chi connectivity index (χ0n) is 9.92. The van der Waals surface area contributed by atoms with Gasteiger partial charge >= 0.3 is 0 Å². The van der Waals surface area contributed by atoms with Crippen molar-refractivity contribution in [1.29, 1.82) is 0 Å². The van der Waals surface area contributed by atoms with Gasteiger partial charge in [0.25, 0.3) is 0 Å². The molecule has 0 saturated carbocycles. The predicted octanol–water partition coefficient (Wildman–Crippen LogP) is 4.55. The Morgan fingerprint density at radius 1 is 1.06 bits per heavy atom. The third kappa shape index (κ3) is 3.79. The lowest BCUT2D eigenvalue weighted by Crippen LogP contribution is -2.02. The van der Waals surface area contributed by atoms with Crippen LogP contribution in [-0.4, -0.2) is 15.2 Å². The molecule has 1 rings (SSSR count). The van der Waals surface area contributed by atoms with Crippen molar-refractivity contribution in [3.63, 3.8) is 0 Å². The van der Waals surface area contributed by atoms with Crippen molar-refractivity contribution >= 4 is 35.0 Å². The molecule has 0 radical (unpaired) electrons. The quantitative estimate of drug-likeness (QED) is 0.756. The van der Waals surface area contributed by atoms with Gasteiger partial charge in [-0.2, -0.15) is 11.8 Å². The average molecular weight is 279 g/mol. The molecule has 16 heavy (non-hydrogen) atoms. The summed E-state index contributed by atoms with van der Waals surface area (Å²) in [5.41, 5.74) is 0.835. The molecule has 0 atom stereocenters. The average Bonchev–Trinajstić information content (AvgIpc) is 2.12. The molecule has 1 aromatic rings. The van der Waals surface area contributed by atoms with Crippen LogP contribution in [0.25, 0.3) is 0 Å². The van der Waals surface area contributed by atoms with Crippen LogP contribution in [0.4, 0.5) is 0 Å². The maximum atomic E-state index is 6.10. The van der Waals surface area contributed by atoms with Gasteiger partial charge in [-0.1, -0.05) is 50.9 Å². The molecule has 90 valence electrons. The van der Waals surface area contributed by atoms with E-state index in [2.05, 4.69) is 23.8 Å². The van der Waals surface area contributed by atoms with Crippen LogP contribution in [0, 0.1) is 0 Å². The Morgan fingerprint density at radius 3 is 1.94 bits per heavy atom. The van der Waals surface area contributed by atoms with Gasteiger partial charge in [0.05, 0.1) is 5.75 Å². The Kier molecular flexibility index (Phi) is 5.35. The highest BCUT2D eigenvalue weighted by atomic mass is 35.5. The fraction of sp³-hybridized carbons (Fsp3) is 0.636. The molecule has 2 nitrogen and oxygen atoms in total. The van der Waals surface area contributed by atoms with Crippen LogP contribution in [-0.2, 0) is 5.75 Å². The van der Waals surface area contributed by atoms with E-state index in [0.29, 0.717) is 21.4 Å². The van der Waals surface area contributed by atoms with Crippen LogP contribution in [0.5, 0.6) is 0 Å². The van der Waals surface area contributed by atoms with E-state index in [9.17, 15) is 0 Å². The highest BCUT2D eigenvalue weighted by molar-refractivity contribution is 7.99. The van der Waals surface area contributed by atoms with E-state index >= 15 is 0 Å². The Morgan fingerprint density at radius 2 is 1.56 bits per heavy atom. The van der Waals surface area contributed by atoms with E-state index in [4.69, 9.17) is 23.2 Å². The molecule has 1 aromatic heterocycles. The molecule has 0 unspecified atom stereocenters. The highest BCUT2D eigenvalue weighted by Crippen LogP contribution is 2.29. The zero-order valence-corrected chi connectivity index (χ0v) is 12.2. The molecule has 5 heteroatoms. The fourth-order valence-corrected chi connectivity index (χ4v) is 2.71. The van der Waals surface area contributed by atoms with Crippen molar-refractivity contribution in [3.8, 4) is 0 Å². The number of nitrogens with zero attached hydrogens (tertiary/aromatic N) is 2. The van der Waals surface area contributed by atoms with Crippen LogP contribution in [0.3, 0.4) is 0 Å². The Hall–Kier alpha value is 0.01000. The molecule has 0 aromatic carbocycles. The Balaban J connectivity index is 2.92. The van der Waals surface area contributed by atoms with Crippen LogP contribution in [0.2, 0.25) is 10.3 Å². The molecular weight excluding hydrogens is 263 g/mol. The van der Waals surface area contributed by atoms with E-state index in [1.54, 1.807) is 11.8 Å². The molecule has 0 amide bonds. The highest BCUT2D eigenvalue weighted by Gasteiger charge is 2.14. The van der Waals surface area contributed by atoms with Crippen LogP contribution in [0.15, 0.2) is 0 Å². The van der Waals surface area contributed by atoms with Gasteiger partial charge in [0.1, 0.15) is 16.1 Å². The first-order valence-corrected chi connectivity index (χ1v) is 7.05. The van der Waals surface area contributed by atoms with Gasteiger partial charge in [0, 0.05) is 5.56 Å². The summed E-state index contributed by atoms with van der Waals surface area (Å²) in [6.07, 6.45) is 0. The van der Waals surface area contributed by atoms with Gasteiger partial charge in [-0.3, -0.25) is 0 Å². The van der Waals surface area contributed by atoms with Crippen LogP contribution in [0.1, 0.15) is 45.0 Å². The molecule has 0 aliphatic rings. The lowest BCUT2D eigenvalue weighted by Gasteiger charge is -2.11. The second-order valence-corrected chi connectivity index (χ2v) is 6.43. The minimum Gasteiger partial charge on any atom is -0.220 e. The molecular formula is C11H16Cl2N2S. The molecule has 0 saturated heterocycles. The topological polar surface area (TPSA) is 25.8 Å². The van der Waals surface area contributed by atoms with Crippen molar-refractivity contribution in [2.45, 2.75) is 44.6 Å². The first-order valence-electron chi connectivity index (χ1n) is 5.25. The molecule has 0 aliphatic carbocycles. The Labute approximate surface area is 111 Å². The largest absolute Gasteiger partial charge is 0.220 e. The molecule has 1 heterocycles. The van der Waals surface area contributed by atoms with Gasteiger partial charge in [-0.15, -0.1) is 0 Å². The number of thioether (sulfide) groups is 1. The summed E-state index contributed by atoms with van der Waals surface area (Å²) in [7, 11) is 0. The monoisotopic (exact) mass is 278 g/mol. The number of rotatable bonds is 4. The lowest BCUT2D eigenvalue weighted by atomic mass is 10.1. The zero-order chi connectivity index (χ0) is 12.3. The first-order chi connectivity index (χ1) is 7.41. The van der Waals surface area contributed by atoms with Gasteiger partial charge in [0.15, 0.2) is 0 Å². The summed E-state index contributed by atoms with van der Waals surface area (Å²) in [5.74, 6) is 1.69. The molecule has 0 fully saturated rings. The predicted molar refractivity (Wildman–Crippen MR) is 72.6 cm³/mol. The van der Waals surface area contributed by atoms with E-state index in [0.717, 1.165) is 11.3 Å². The van der Waals surface area contributed by atoms with Crippen molar-refractivity contribution < 1.29 is 0 Å². The van der Waals surface area contributed by atoms with Crippen molar-refractivity contribution in [3.05, 3.63) is 21.7 Å². The third-order valence-corrected chi connectivity index (χ3v) is 3.69. The summed E-state index contributed by atoms with van der Waals surface area (Å²) in [6.45, 7) is 8.32. The fourth-order valence-electron chi connectivity index (χ4n) is 1.24. The minimum atomic E-state index is 0.242. The Bertz CT molecular complexity index is 344. The second kappa shape index (κ2) is 6.08. The third-order valence-electron chi connectivity index (χ3n) is 2.02. The van der Waals surface area contributed by atoms with Gasteiger partial charge in [-0.05, 0) is 11.2 Å². The summed E-state index contributed by atoms with van der Waals surface area (Å²) in [4.78, 5) is 8.55. The first kappa shape index (κ1) is 14.1. The van der Waals surface area contributed by atoms with Crippen molar-refractivity contribution in [1.82, 2.24) is 9.97 Å². The van der Waals surface area contributed by atoms with E-state index in [-0.39, 0.29) is 5.92 Å². The van der Waals surface area contributed by atoms with Crippen molar-refractivity contribution in [2.24, 2.45) is 0 Å². The lowest BCUT2D eigenvalue weighted by molar-refractivity contribution is 0.836. The van der Waals surface area contributed by atoms with Crippen LogP contribution < -0.4 is 0 Å². The maximum Gasteiger partial charge on any atom is 0.141 e. The SMILES string of the molecule is CC(C)SCc1nc(Cl)c(C(C)C)c(Cl)n1. The van der Waals surface area contributed by atoms with Gasteiger partial charge < -0.3 is 0 Å². The molecule has 0 bridgehead atoms. The number of hydrogen-bond donors (Lipinski definition) is 0. The summed E-state index contributed by atoms with van der Waals surface area (Å²) in [6, 6.07) is 0. The smallest absolute Gasteiger partial charge is 0.141 e. The van der Waals surface area contributed by atoms with Gasteiger partial charge in [0.2, 0.25) is 0 Å². The maximum absolute atomic E-state index is 6.10.